The second-order valence-corrected chi connectivity index (χ2v) is 41.8. The highest BCUT2D eigenvalue weighted by Gasteiger charge is 2.55. The number of hydrogen-bond donors (Lipinski definition) is 0. The number of fused-ring (bicyclic) bond motifs is 36. The quantitative estimate of drug-likeness (QED) is 0.0944. The van der Waals surface area contributed by atoms with E-state index in [1.165, 1.54) is 223 Å². The van der Waals surface area contributed by atoms with E-state index in [1.807, 2.05) is 0 Å². The molecule has 24 rings (SSSR count). The molecule has 0 N–H and O–H groups in total. The van der Waals surface area contributed by atoms with Gasteiger partial charge in [-0.1, -0.05) is 369 Å². The van der Waals surface area contributed by atoms with E-state index in [0.717, 1.165) is 78.0 Å². The zero-order chi connectivity index (χ0) is 93.8. The summed E-state index contributed by atoms with van der Waals surface area (Å²) in [6.07, 6.45) is 3.96. The second-order valence-electron chi connectivity index (χ2n) is 41.8. The molecule has 712 valence electrons. The maximum atomic E-state index is 2.50. The molecule has 16 aromatic rings. The highest BCUT2D eigenvalue weighted by Crippen LogP contribution is 2.65. The van der Waals surface area contributed by atoms with Gasteiger partial charge in [0.05, 0.1) is 21.7 Å². The van der Waals surface area contributed by atoms with Gasteiger partial charge in [0, 0.05) is 52.4 Å². The monoisotopic (exact) mass is 1840 g/mol. The van der Waals surface area contributed by atoms with Gasteiger partial charge in [0.15, 0.2) is 0 Å². The van der Waals surface area contributed by atoms with E-state index in [4.69, 9.17) is 0 Å². The van der Waals surface area contributed by atoms with Gasteiger partial charge in [-0.15, -0.1) is 0 Å². The molecule has 140 heavy (non-hydrogen) atoms. The van der Waals surface area contributed by atoms with Crippen molar-refractivity contribution in [3.63, 3.8) is 0 Å². The maximum absolute atomic E-state index is 2.50. The van der Waals surface area contributed by atoms with Crippen molar-refractivity contribution in [2.45, 2.75) is 129 Å². The molecule has 0 bridgehead atoms. The molecule has 16 aromatic carbocycles. The third-order valence-electron chi connectivity index (χ3n) is 30.1. The van der Waals surface area contributed by atoms with E-state index in [2.05, 4.69) is 492 Å². The van der Waals surface area contributed by atoms with Crippen LogP contribution in [0.5, 0.6) is 0 Å². The Labute approximate surface area is 837 Å². The zero-order valence-electron chi connectivity index (χ0n) is 82.4. The fourth-order valence-electron chi connectivity index (χ4n) is 25.7. The van der Waals surface area contributed by atoms with Crippen LogP contribution in [0.3, 0.4) is 0 Å². The van der Waals surface area contributed by atoms with Crippen molar-refractivity contribution in [3.8, 4) is 44.5 Å². The molecule has 0 amide bonds. The fourth-order valence-corrected chi connectivity index (χ4v) is 25.7. The number of benzene rings is 16. The van der Waals surface area contributed by atoms with Crippen LogP contribution in [0.15, 0.2) is 340 Å². The molecule has 4 unspecified atom stereocenters. The van der Waals surface area contributed by atoms with Crippen LogP contribution < -0.4 is 0 Å². The topological polar surface area (TPSA) is 25.9 Å². The minimum Gasteiger partial charge on any atom is -0.305 e. The number of hydrogen-bond acceptors (Lipinski definition) is 8. The molecule has 8 heteroatoms. The van der Waals surface area contributed by atoms with Crippen LogP contribution in [0.1, 0.15) is 208 Å². The van der Waals surface area contributed by atoms with Crippen molar-refractivity contribution in [1.82, 2.24) is 39.2 Å². The van der Waals surface area contributed by atoms with Gasteiger partial charge in [-0.05, 0) is 361 Å². The Morgan fingerprint density at radius 3 is 0.779 bits per heavy atom. The summed E-state index contributed by atoms with van der Waals surface area (Å²) in [6.45, 7) is 7.57. The maximum Gasteiger partial charge on any atom is 0.0719 e. The molecule has 0 radical (unpaired) electrons. The Morgan fingerprint density at radius 1 is 0.164 bits per heavy atom. The molecule has 8 nitrogen and oxygen atoms in total. The summed E-state index contributed by atoms with van der Waals surface area (Å²) in [6, 6.07) is 130. The third kappa shape index (κ3) is 16.5. The predicted octanol–water partition coefficient (Wildman–Crippen LogP) is 26.9. The molecule has 0 saturated carbocycles. The standard InChI is InChI=1S/4C32H32N2.4CH4/c1-33(2)20-22-16-17-24-19-23-10-5-7-13-27(23)32(30(24)18-22)28-14-8-6-12-26(28)31-25(21-34(3)4)11-9-15-29(31)32;1-33(2)20-22-16-17-28-25(18-22)19-23-10-5-7-13-27(23)32(28)29-14-8-6-12-26(29)31-24(21-34(3)4)11-9-15-30(31)32;1-33(2)20-22-16-17-26-25-12-6-8-14-29(25)32(31(26)18-22)28-13-7-5-10-23(28)19-27-24(21-34(3)4)11-9-15-30(27)32;1-33(2)20-22-14-16-29-25(17-22)19-24-9-5-7-11-28(24)32(29)30-12-8-6-10-26(30)27-15-13-23(18-31(27)32)21-34(3)4;;;;/h4*5-18H,19-21H2,1-4H3;4*1H4. The summed E-state index contributed by atoms with van der Waals surface area (Å²) >= 11 is 0. The SMILES string of the molecule is C.C.C.C.CN(C)Cc1ccc2c(c1)C1(c3ccccc3C2)c2ccccc2-c2c(CN(C)C)cccc21.CN(C)Cc1ccc2c(c1)C1(c3ccccc3Cc3c(CN(C)C)cccc31)c1ccccc1-2.CN(C)Cc1ccc2c(c1)Cc1ccccc1C21c2ccccc2-c2c(CN(C)C)cccc21.CN(C)Cc1ccc2c(c1)Cc1ccccc1C21c2ccccc2-c2ccc(CN(C)C)cc21. The van der Waals surface area contributed by atoms with E-state index in [0.29, 0.717) is 0 Å². The zero-order valence-corrected chi connectivity index (χ0v) is 82.4. The van der Waals surface area contributed by atoms with Crippen LogP contribution in [0.4, 0.5) is 0 Å². The average Bonchev–Trinajstić information content (AvgIpc) is 1.53. The van der Waals surface area contributed by atoms with Gasteiger partial charge in [-0.2, -0.15) is 0 Å². The van der Waals surface area contributed by atoms with Crippen molar-refractivity contribution >= 4 is 0 Å². The van der Waals surface area contributed by atoms with Crippen LogP contribution in [0.2, 0.25) is 0 Å². The molecular weight excluding hydrogens is 1700 g/mol. The van der Waals surface area contributed by atoms with Gasteiger partial charge in [0.2, 0.25) is 0 Å². The molecule has 4 spiro atoms. The normalized spacial score (nSPS) is 17.1. The Hall–Kier alpha value is -12.8. The Kier molecular flexibility index (Phi) is 28.0. The van der Waals surface area contributed by atoms with Crippen molar-refractivity contribution in [3.05, 3.63) is 518 Å². The van der Waals surface area contributed by atoms with Crippen LogP contribution in [-0.2, 0) is 99.7 Å². The predicted molar refractivity (Wildman–Crippen MR) is 592 cm³/mol. The van der Waals surface area contributed by atoms with Gasteiger partial charge >= 0.3 is 0 Å². The first-order valence-corrected chi connectivity index (χ1v) is 48.9. The lowest BCUT2D eigenvalue weighted by Gasteiger charge is -2.41. The molecule has 0 saturated heterocycles. The van der Waals surface area contributed by atoms with Gasteiger partial charge in [0.25, 0.3) is 0 Å². The Morgan fingerprint density at radius 2 is 0.400 bits per heavy atom. The molecule has 4 atom stereocenters. The van der Waals surface area contributed by atoms with E-state index >= 15 is 0 Å². The average molecular weight is 1840 g/mol. The third-order valence-corrected chi connectivity index (χ3v) is 30.1. The van der Waals surface area contributed by atoms with E-state index in [-0.39, 0.29) is 51.4 Å². The number of nitrogens with zero attached hydrogens (tertiary/aromatic N) is 8. The fraction of sp³-hybridized carbons (Fsp3) is 0.273. The van der Waals surface area contributed by atoms with Crippen LogP contribution >= 0.6 is 0 Å². The summed E-state index contributed by atoms with van der Waals surface area (Å²) < 4.78 is 0. The molecule has 0 heterocycles. The molecule has 8 aliphatic carbocycles. The lowest BCUT2D eigenvalue weighted by atomic mass is 9.61. The molecule has 0 fully saturated rings. The van der Waals surface area contributed by atoms with Crippen LogP contribution in [0.25, 0.3) is 44.5 Å². The summed E-state index contributed by atoms with van der Waals surface area (Å²) in [5, 5.41) is 0. The van der Waals surface area contributed by atoms with Crippen molar-refractivity contribution in [2.75, 3.05) is 113 Å². The van der Waals surface area contributed by atoms with Gasteiger partial charge in [-0.3, -0.25) is 0 Å². The van der Waals surface area contributed by atoms with E-state index in [9.17, 15) is 0 Å². The Bertz CT molecular complexity index is 7200. The van der Waals surface area contributed by atoms with Crippen molar-refractivity contribution in [2.24, 2.45) is 0 Å². The smallest absolute Gasteiger partial charge is 0.0719 e. The summed E-state index contributed by atoms with van der Waals surface area (Å²) in [4.78, 5) is 18.1. The summed E-state index contributed by atoms with van der Waals surface area (Å²) in [5.41, 5.74) is 55.7. The van der Waals surface area contributed by atoms with Gasteiger partial charge in [-0.25, -0.2) is 0 Å². The molecule has 8 aliphatic rings. The lowest BCUT2D eigenvalue weighted by Crippen LogP contribution is -2.35. The summed E-state index contributed by atoms with van der Waals surface area (Å²) in [7, 11) is 34.5. The van der Waals surface area contributed by atoms with Gasteiger partial charge < -0.3 is 39.2 Å². The first-order chi connectivity index (χ1) is 66.0. The lowest BCUT2D eigenvalue weighted by molar-refractivity contribution is 0.400. The van der Waals surface area contributed by atoms with E-state index < -0.39 is 0 Å². The minimum atomic E-state index is -0.277. The largest absolute Gasteiger partial charge is 0.305 e. The van der Waals surface area contributed by atoms with E-state index in [1.54, 1.807) is 0 Å². The first-order valence-electron chi connectivity index (χ1n) is 48.9. The Balaban J connectivity index is 0.000000128. The van der Waals surface area contributed by atoms with Crippen LogP contribution in [0, 0.1) is 0 Å². The highest BCUT2D eigenvalue weighted by molar-refractivity contribution is 5.94. The molecular formula is C132H144N8. The minimum absolute atomic E-state index is 0. The second kappa shape index (κ2) is 39.7. The highest BCUT2D eigenvalue weighted by atomic mass is 15.1. The molecule has 0 aliphatic heterocycles. The summed E-state index contributed by atoms with van der Waals surface area (Å²) in [5.74, 6) is 0. The van der Waals surface area contributed by atoms with Gasteiger partial charge in [0.1, 0.15) is 0 Å². The van der Waals surface area contributed by atoms with Crippen molar-refractivity contribution < 1.29 is 0 Å². The molecule has 0 aromatic heterocycles. The number of rotatable bonds is 16. The van der Waals surface area contributed by atoms with Crippen LogP contribution in [-0.4, -0.2) is 152 Å². The first kappa shape index (κ1) is 98.8. The van der Waals surface area contributed by atoms with Crippen molar-refractivity contribution in [1.29, 1.82) is 0 Å².